The summed E-state index contributed by atoms with van der Waals surface area (Å²) in [5.41, 5.74) is 1.20. The quantitative estimate of drug-likeness (QED) is 0.120. The van der Waals surface area contributed by atoms with Crippen LogP contribution in [0.4, 0.5) is 17.1 Å². The monoisotopic (exact) mass is 679 g/mol. The maximum Gasteiger partial charge on any atom is 0.336 e. The molecule has 4 aromatic rings. The number of carboxylic acid groups (broad SMARTS) is 4. The first-order valence-corrected chi connectivity index (χ1v) is 13.5. The minimum Gasteiger partial charge on any atom is -0.478 e. The van der Waals surface area contributed by atoms with Crippen LogP contribution in [0, 0.1) is 58.0 Å². The molecule has 0 heterocycles. The van der Waals surface area contributed by atoms with E-state index in [0.717, 1.165) is 29.3 Å². The number of aromatic carboxylic acids is 4. The Labute approximate surface area is 276 Å². The normalized spacial score (nSPS) is 9.55. The van der Waals surface area contributed by atoms with Crippen molar-refractivity contribution in [3.63, 3.8) is 0 Å². The zero-order chi connectivity index (χ0) is 37.6. The topological polar surface area (TPSA) is 279 Å². The molecule has 0 amide bonds. The summed E-state index contributed by atoms with van der Waals surface area (Å²) in [4.78, 5) is 71.0. The largest absolute Gasteiger partial charge is 0.478 e. The van der Waals surface area contributed by atoms with Gasteiger partial charge in [0.1, 0.15) is 0 Å². The molecule has 0 radical (unpaired) electrons. The highest BCUT2D eigenvalue weighted by Gasteiger charge is 2.24. The molecule has 0 saturated carbocycles. The Bertz CT molecular complexity index is 1870. The first-order valence-electron chi connectivity index (χ1n) is 13.5. The number of hydrogen-bond donors (Lipinski definition) is 4. The average molecular weight is 680 g/mol. The van der Waals surface area contributed by atoms with Gasteiger partial charge in [0.05, 0.1) is 43.1 Å². The molecule has 17 nitrogen and oxygen atoms in total. The highest BCUT2D eigenvalue weighted by molar-refractivity contribution is 5.92. The summed E-state index contributed by atoms with van der Waals surface area (Å²) < 4.78 is 0. The Balaban J connectivity index is 0.000000333. The van der Waals surface area contributed by atoms with E-state index in [2.05, 4.69) is 0 Å². The van der Waals surface area contributed by atoms with Crippen molar-refractivity contribution in [2.75, 3.05) is 0 Å². The number of non-ortho nitro benzene ring substituents is 1. The van der Waals surface area contributed by atoms with Crippen LogP contribution < -0.4 is 0 Å². The number of carbonyl (C=O) groups is 4. The van der Waals surface area contributed by atoms with Gasteiger partial charge in [0.15, 0.2) is 0 Å². The van der Waals surface area contributed by atoms with E-state index >= 15 is 0 Å². The molecule has 0 bridgehead atoms. The molecule has 0 aromatic heterocycles. The molecule has 4 rings (SSSR count). The second-order valence-electron chi connectivity index (χ2n) is 9.87. The van der Waals surface area contributed by atoms with E-state index in [1.807, 2.05) is 19.9 Å². The number of nitro benzene ring substituents is 3. The fourth-order valence-electron chi connectivity index (χ4n) is 3.61. The fraction of sp³-hybridized carbons (Fsp3) is 0.125. The molecule has 0 saturated heterocycles. The van der Waals surface area contributed by atoms with Crippen molar-refractivity contribution in [3.8, 4) is 0 Å². The molecule has 0 fully saturated rings. The van der Waals surface area contributed by atoms with Gasteiger partial charge in [-0.1, -0.05) is 41.5 Å². The molecule has 0 atom stereocenters. The Morgan fingerprint density at radius 3 is 1.41 bits per heavy atom. The van der Waals surface area contributed by atoms with Crippen molar-refractivity contribution in [3.05, 3.63) is 154 Å². The number of rotatable bonds is 7. The van der Waals surface area contributed by atoms with Crippen LogP contribution in [0.2, 0.25) is 0 Å². The van der Waals surface area contributed by atoms with E-state index in [0.29, 0.717) is 16.7 Å². The maximum atomic E-state index is 10.7. The van der Waals surface area contributed by atoms with Gasteiger partial charge in [0.25, 0.3) is 17.1 Å². The van der Waals surface area contributed by atoms with Gasteiger partial charge in [-0.25, -0.2) is 19.2 Å². The molecule has 17 heteroatoms. The van der Waals surface area contributed by atoms with E-state index in [1.165, 1.54) is 19.1 Å². The van der Waals surface area contributed by atoms with Gasteiger partial charge in [-0.05, 0) is 58.0 Å². The van der Waals surface area contributed by atoms with Crippen LogP contribution in [-0.2, 0) is 0 Å². The van der Waals surface area contributed by atoms with Gasteiger partial charge in [0.2, 0.25) is 0 Å². The number of benzene rings is 4. The summed E-state index contributed by atoms with van der Waals surface area (Å²) in [5.74, 6) is -4.35. The van der Waals surface area contributed by atoms with Crippen LogP contribution in [0.15, 0.2) is 78.9 Å². The average Bonchev–Trinajstić information content (AvgIpc) is 3.02. The van der Waals surface area contributed by atoms with Gasteiger partial charge in [0, 0.05) is 23.3 Å². The first-order chi connectivity index (χ1) is 22.8. The summed E-state index contributed by atoms with van der Waals surface area (Å²) >= 11 is 0. The summed E-state index contributed by atoms with van der Waals surface area (Å²) in [5, 5.41) is 65.7. The SMILES string of the molecule is Cc1c(C(=O)O)cc([N+](=O)[O-])cc1[N+](=O)[O-].Cc1ccc(C(=O)O)cc1.Cc1ccc(C(=O)O)cc1[N+](=O)[O-].Cc1cccc(C(=O)O)c1. The standard InChI is InChI=1S/C8H6N2O6.C8H7NO4.2C8H8O2/c1-4-6(8(11)12)2-5(9(13)14)3-7(4)10(15)16;1-5-2-3-6(8(10)11)4-7(5)9(12)13;1-6-2-4-7(5-3-6)8(9)10;1-6-3-2-4-7(5-6)8(9)10/h2-3H,1H3,(H,11,12);2-4H,1H3,(H,10,11);2*2-5H,1H3,(H,9,10). The van der Waals surface area contributed by atoms with Crippen molar-refractivity contribution in [2.24, 2.45) is 0 Å². The molecule has 256 valence electrons. The Morgan fingerprint density at radius 1 is 0.510 bits per heavy atom. The molecular formula is C32H29N3O14. The molecule has 0 aliphatic heterocycles. The zero-order valence-corrected chi connectivity index (χ0v) is 26.2. The lowest BCUT2D eigenvalue weighted by Gasteiger charge is -2.01. The van der Waals surface area contributed by atoms with Gasteiger partial charge < -0.3 is 20.4 Å². The van der Waals surface area contributed by atoms with E-state index in [-0.39, 0.29) is 16.8 Å². The van der Waals surface area contributed by atoms with Crippen LogP contribution in [0.3, 0.4) is 0 Å². The summed E-state index contributed by atoms with van der Waals surface area (Å²) in [7, 11) is 0. The number of nitro groups is 3. The van der Waals surface area contributed by atoms with Gasteiger partial charge in [-0.15, -0.1) is 0 Å². The van der Waals surface area contributed by atoms with Gasteiger partial charge in [-0.3, -0.25) is 30.3 Å². The minimum absolute atomic E-state index is 0.0719. The summed E-state index contributed by atoms with van der Waals surface area (Å²) in [6.45, 7) is 6.58. The third kappa shape index (κ3) is 12.7. The second kappa shape index (κ2) is 18.2. The van der Waals surface area contributed by atoms with E-state index < -0.39 is 55.6 Å². The molecule has 4 N–H and O–H groups in total. The van der Waals surface area contributed by atoms with E-state index in [9.17, 15) is 49.5 Å². The third-order valence-electron chi connectivity index (χ3n) is 6.22. The van der Waals surface area contributed by atoms with Crippen molar-refractivity contribution in [2.45, 2.75) is 27.7 Å². The minimum atomic E-state index is -1.44. The van der Waals surface area contributed by atoms with Crippen molar-refractivity contribution >= 4 is 40.9 Å². The van der Waals surface area contributed by atoms with Gasteiger partial charge in [-0.2, -0.15) is 0 Å². The van der Waals surface area contributed by atoms with E-state index in [4.69, 9.17) is 20.4 Å². The van der Waals surface area contributed by atoms with Crippen molar-refractivity contribution < 1.29 is 54.4 Å². The molecular weight excluding hydrogens is 650 g/mol. The molecule has 0 aliphatic rings. The highest BCUT2D eigenvalue weighted by Crippen LogP contribution is 2.27. The highest BCUT2D eigenvalue weighted by atomic mass is 16.6. The van der Waals surface area contributed by atoms with Crippen LogP contribution in [0.5, 0.6) is 0 Å². The smallest absolute Gasteiger partial charge is 0.336 e. The van der Waals surface area contributed by atoms with Crippen LogP contribution >= 0.6 is 0 Å². The van der Waals surface area contributed by atoms with Crippen molar-refractivity contribution in [1.82, 2.24) is 0 Å². The van der Waals surface area contributed by atoms with Crippen molar-refractivity contribution in [1.29, 1.82) is 0 Å². The maximum absolute atomic E-state index is 10.7. The Hall–Kier alpha value is -7.04. The predicted molar refractivity (Wildman–Crippen MR) is 173 cm³/mol. The molecule has 4 aromatic carbocycles. The fourth-order valence-corrected chi connectivity index (χ4v) is 3.61. The number of hydrogen-bond acceptors (Lipinski definition) is 10. The molecule has 0 aliphatic carbocycles. The molecule has 0 spiro atoms. The lowest BCUT2D eigenvalue weighted by atomic mass is 10.1. The Morgan fingerprint density at radius 2 is 1.00 bits per heavy atom. The summed E-state index contributed by atoms with van der Waals surface area (Å²) in [6.07, 6.45) is 0. The second-order valence-corrected chi connectivity index (χ2v) is 9.87. The zero-order valence-electron chi connectivity index (χ0n) is 26.2. The third-order valence-corrected chi connectivity index (χ3v) is 6.22. The number of carboxylic acids is 4. The van der Waals surface area contributed by atoms with Crippen LogP contribution in [0.25, 0.3) is 0 Å². The van der Waals surface area contributed by atoms with Gasteiger partial charge >= 0.3 is 23.9 Å². The number of nitrogens with zero attached hydrogens (tertiary/aromatic N) is 3. The predicted octanol–water partition coefficient (Wildman–Crippen LogP) is 6.50. The lowest BCUT2D eigenvalue weighted by molar-refractivity contribution is -0.394. The van der Waals surface area contributed by atoms with Crippen LogP contribution in [-0.4, -0.2) is 59.1 Å². The molecule has 0 unspecified atom stereocenters. The number of aryl methyl sites for hydroxylation is 3. The Kier molecular flexibility index (Phi) is 14.8. The first kappa shape index (κ1) is 40.0. The summed E-state index contributed by atoms with van der Waals surface area (Å²) in [6, 6.07) is 18.9. The van der Waals surface area contributed by atoms with Crippen LogP contribution in [0.1, 0.15) is 63.7 Å². The molecule has 49 heavy (non-hydrogen) atoms. The lowest BCUT2D eigenvalue weighted by Crippen LogP contribution is -2.04. The van der Waals surface area contributed by atoms with E-state index in [1.54, 1.807) is 49.4 Å².